The molecule has 3 nitrogen and oxygen atoms in total. The molecule has 0 amide bonds. The highest BCUT2D eigenvalue weighted by atomic mass is 79.9. The SMILES string of the molecule is COC(=O)CC(C)C(=O)c1ccc(Br)cc1F. The Morgan fingerprint density at radius 1 is 1.47 bits per heavy atom. The van der Waals surface area contributed by atoms with E-state index in [1.807, 2.05) is 0 Å². The van der Waals surface area contributed by atoms with Crippen molar-refractivity contribution in [3.8, 4) is 0 Å². The predicted octanol–water partition coefficient (Wildman–Crippen LogP) is 2.97. The number of carbonyl (C=O) groups is 2. The van der Waals surface area contributed by atoms with E-state index in [0.717, 1.165) is 0 Å². The van der Waals surface area contributed by atoms with Crippen LogP contribution in [0.5, 0.6) is 0 Å². The molecule has 1 rings (SSSR count). The molecule has 0 fully saturated rings. The Morgan fingerprint density at radius 2 is 2.12 bits per heavy atom. The van der Waals surface area contributed by atoms with E-state index in [1.54, 1.807) is 13.0 Å². The topological polar surface area (TPSA) is 43.4 Å². The predicted molar refractivity (Wildman–Crippen MR) is 64.2 cm³/mol. The van der Waals surface area contributed by atoms with Crippen LogP contribution in [-0.2, 0) is 9.53 Å². The number of hydrogen-bond donors (Lipinski definition) is 0. The van der Waals surface area contributed by atoms with Crippen molar-refractivity contribution in [3.63, 3.8) is 0 Å². The number of Topliss-reactive ketones (excluding diaryl/α,β-unsaturated/α-hetero) is 1. The van der Waals surface area contributed by atoms with Crippen molar-refractivity contribution in [2.24, 2.45) is 5.92 Å². The molecule has 0 spiro atoms. The Bertz CT molecular complexity index is 445. The van der Waals surface area contributed by atoms with E-state index in [-0.39, 0.29) is 12.0 Å². The second kappa shape index (κ2) is 5.91. The number of hydrogen-bond acceptors (Lipinski definition) is 3. The molecule has 0 aliphatic carbocycles. The number of ketones is 1. The molecule has 0 aliphatic heterocycles. The van der Waals surface area contributed by atoms with Crippen molar-refractivity contribution in [1.82, 2.24) is 0 Å². The summed E-state index contributed by atoms with van der Waals surface area (Å²) in [7, 11) is 1.25. The fourth-order valence-electron chi connectivity index (χ4n) is 1.38. The van der Waals surface area contributed by atoms with Crippen molar-refractivity contribution < 1.29 is 18.7 Å². The Balaban J connectivity index is 2.85. The second-order valence-corrected chi connectivity index (χ2v) is 4.59. The molecule has 0 radical (unpaired) electrons. The summed E-state index contributed by atoms with van der Waals surface area (Å²) in [4.78, 5) is 22.9. The summed E-state index contributed by atoms with van der Waals surface area (Å²) in [6.45, 7) is 1.57. The maximum atomic E-state index is 13.5. The van der Waals surface area contributed by atoms with Gasteiger partial charge in [0.25, 0.3) is 0 Å². The van der Waals surface area contributed by atoms with Crippen molar-refractivity contribution >= 4 is 27.7 Å². The molecule has 17 heavy (non-hydrogen) atoms. The number of ether oxygens (including phenoxy) is 1. The average Bonchev–Trinajstić information content (AvgIpc) is 2.28. The summed E-state index contributed by atoms with van der Waals surface area (Å²) >= 11 is 3.11. The monoisotopic (exact) mass is 302 g/mol. The molecule has 0 saturated heterocycles. The first-order valence-electron chi connectivity index (χ1n) is 5.01. The minimum Gasteiger partial charge on any atom is -0.469 e. The first kappa shape index (κ1) is 13.8. The van der Waals surface area contributed by atoms with E-state index in [0.29, 0.717) is 4.47 Å². The van der Waals surface area contributed by atoms with Crippen LogP contribution in [0.2, 0.25) is 0 Å². The van der Waals surface area contributed by atoms with Gasteiger partial charge in [-0.05, 0) is 18.2 Å². The summed E-state index contributed by atoms with van der Waals surface area (Å²) in [5.74, 6) is -2.08. The Kier molecular flexibility index (Phi) is 4.81. The lowest BCUT2D eigenvalue weighted by Gasteiger charge is -2.09. The molecule has 0 heterocycles. The molecule has 1 atom stereocenters. The van der Waals surface area contributed by atoms with Crippen molar-refractivity contribution in [1.29, 1.82) is 0 Å². The van der Waals surface area contributed by atoms with Gasteiger partial charge in [0.2, 0.25) is 0 Å². The summed E-state index contributed by atoms with van der Waals surface area (Å²) < 4.78 is 18.5. The fourth-order valence-corrected chi connectivity index (χ4v) is 1.71. The third-order valence-electron chi connectivity index (χ3n) is 2.34. The number of halogens is 2. The van der Waals surface area contributed by atoms with Crippen LogP contribution in [0.1, 0.15) is 23.7 Å². The van der Waals surface area contributed by atoms with Gasteiger partial charge in [-0.1, -0.05) is 22.9 Å². The molecule has 0 N–H and O–H groups in total. The van der Waals surface area contributed by atoms with Crippen molar-refractivity contribution in [3.05, 3.63) is 34.1 Å². The van der Waals surface area contributed by atoms with Gasteiger partial charge in [0.1, 0.15) is 5.82 Å². The van der Waals surface area contributed by atoms with Gasteiger partial charge in [-0.15, -0.1) is 0 Å². The minimum absolute atomic E-state index is 0.00963. The van der Waals surface area contributed by atoms with Gasteiger partial charge < -0.3 is 4.74 Å². The maximum Gasteiger partial charge on any atom is 0.306 e. The summed E-state index contributed by atoms with van der Waals surface area (Å²) in [6.07, 6.45) is -0.0508. The van der Waals surface area contributed by atoms with Gasteiger partial charge in [-0.3, -0.25) is 9.59 Å². The summed E-state index contributed by atoms with van der Waals surface area (Å²) in [5, 5.41) is 0. The zero-order valence-electron chi connectivity index (χ0n) is 9.50. The van der Waals surface area contributed by atoms with Crippen LogP contribution in [0.15, 0.2) is 22.7 Å². The zero-order chi connectivity index (χ0) is 13.0. The molecule has 5 heteroatoms. The molecule has 0 bridgehead atoms. The quantitative estimate of drug-likeness (QED) is 0.634. The minimum atomic E-state index is -0.599. The molecule has 0 aliphatic rings. The van der Waals surface area contributed by atoms with Crippen LogP contribution in [-0.4, -0.2) is 18.9 Å². The van der Waals surface area contributed by atoms with E-state index < -0.39 is 23.5 Å². The summed E-state index contributed by atoms with van der Waals surface area (Å²) in [5.41, 5.74) is -0.00963. The molecule has 1 aromatic rings. The summed E-state index contributed by atoms with van der Waals surface area (Å²) in [6, 6.07) is 4.20. The lowest BCUT2D eigenvalue weighted by atomic mass is 9.96. The average molecular weight is 303 g/mol. The standard InChI is InChI=1S/C12H12BrFO3/c1-7(5-11(15)17-2)12(16)9-4-3-8(13)6-10(9)14/h3-4,6-7H,5H2,1-2H3. The zero-order valence-corrected chi connectivity index (χ0v) is 11.1. The van der Waals surface area contributed by atoms with Gasteiger partial charge in [0.15, 0.2) is 5.78 Å². The van der Waals surface area contributed by atoms with Gasteiger partial charge in [-0.25, -0.2) is 4.39 Å². The molecule has 1 aromatic carbocycles. The highest BCUT2D eigenvalue weighted by molar-refractivity contribution is 9.10. The number of benzene rings is 1. The van der Waals surface area contributed by atoms with Crippen molar-refractivity contribution in [2.45, 2.75) is 13.3 Å². The lowest BCUT2D eigenvalue weighted by Crippen LogP contribution is -2.17. The Morgan fingerprint density at radius 3 is 2.65 bits per heavy atom. The molecule has 1 unspecified atom stereocenters. The fraction of sp³-hybridized carbons (Fsp3) is 0.333. The largest absolute Gasteiger partial charge is 0.469 e. The Hall–Kier alpha value is -1.23. The van der Waals surface area contributed by atoms with Gasteiger partial charge >= 0.3 is 5.97 Å². The first-order chi connectivity index (χ1) is 7.95. The van der Waals surface area contributed by atoms with Crippen LogP contribution in [0, 0.1) is 11.7 Å². The lowest BCUT2D eigenvalue weighted by molar-refractivity contribution is -0.141. The third kappa shape index (κ3) is 3.63. The van der Waals surface area contributed by atoms with Crippen LogP contribution in [0.3, 0.4) is 0 Å². The number of esters is 1. The number of methoxy groups -OCH3 is 1. The van der Waals surface area contributed by atoms with Crippen LogP contribution in [0.25, 0.3) is 0 Å². The van der Waals surface area contributed by atoms with E-state index in [1.165, 1.54) is 19.2 Å². The van der Waals surface area contributed by atoms with Crippen LogP contribution < -0.4 is 0 Å². The Labute approximate surface area is 107 Å². The normalized spacial score (nSPS) is 12.0. The van der Waals surface area contributed by atoms with E-state index >= 15 is 0 Å². The van der Waals surface area contributed by atoms with Crippen LogP contribution >= 0.6 is 15.9 Å². The van der Waals surface area contributed by atoms with Crippen molar-refractivity contribution in [2.75, 3.05) is 7.11 Å². The molecule has 92 valence electrons. The highest BCUT2D eigenvalue weighted by Gasteiger charge is 2.21. The van der Waals surface area contributed by atoms with E-state index in [4.69, 9.17) is 0 Å². The van der Waals surface area contributed by atoms with Gasteiger partial charge in [0.05, 0.1) is 19.1 Å². The molecular formula is C12H12BrFO3. The first-order valence-corrected chi connectivity index (χ1v) is 5.81. The highest BCUT2D eigenvalue weighted by Crippen LogP contribution is 2.19. The number of rotatable bonds is 4. The van der Waals surface area contributed by atoms with Gasteiger partial charge in [-0.2, -0.15) is 0 Å². The van der Waals surface area contributed by atoms with E-state index in [2.05, 4.69) is 20.7 Å². The van der Waals surface area contributed by atoms with Gasteiger partial charge in [0, 0.05) is 10.4 Å². The number of carbonyl (C=O) groups excluding carboxylic acids is 2. The maximum absolute atomic E-state index is 13.5. The third-order valence-corrected chi connectivity index (χ3v) is 2.84. The molecular weight excluding hydrogens is 291 g/mol. The molecule has 0 saturated carbocycles. The second-order valence-electron chi connectivity index (χ2n) is 3.67. The smallest absolute Gasteiger partial charge is 0.306 e. The van der Waals surface area contributed by atoms with Crippen LogP contribution in [0.4, 0.5) is 4.39 Å². The van der Waals surface area contributed by atoms with E-state index in [9.17, 15) is 14.0 Å². The molecule has 0 aromatic heterocycles.